The first-order valence-corrected chi connectivity index (χ1v) is 4.67. The Morgan fingerprint density at radius 1 is 1.46 bits per heavy atom. The van der Waals surface area contributed by atoms with E-state index in [1.165, 1.54) is 0 Å². The van der Waals surface area contributed by atoms with Gasteiger partial charge in [-0.3, -0.25) is 4.99 Å². The molecule has 0 aliphatic carbocycles. The van der Waals surface area contributed by atoms with Gasteiger partial charge in [0.05, 0.1) is 5.60 Å². The maximum absolute atomic E-state index is 9.90. The van der Waals surface area contributed by atoms with E-state index in [0.717, 1.165) is 18.6 Å². The van der Waals surface area contributed by atoms with E-state index in [9.17, 15) is 5.11 Å². The Morgan fingerprint density at radius 3 is 2.23 bits per heavy atom. The van der Waals surface area contributed by atoms with Crippen LogP contribution in [0.5, 0.6) is 0 Å². The van der Waals surface area contributed by atoms with E-state index in [1.807, 2.05) is 27.7 Å². The van der Waals surface area contributed by atoms with E-state index < -0.39 is 5.60 Å². The molecule has 0 amide bonds. The third-order valence-corrected chi connectivity index (χ3v) is 1.97. The second-order valence-electron chi connectivity index (χ2n) is 3.83. The van der Waals surface area contributed by atoms with E-state index in [1.54, 1.807) is 0 Å². The zero-order valence-corrected chi connectivity index (χ0v) is 11.4. The van der Waals surface area contributed by atoms with Gasteiger partial charge in [0.1, 0.15) is 0 Å². The fraction of sp³-hybridized carbons (Fsp3) is 0.900. The second-order valence-corrected chi connectivity index (χ2v) is 3.83. The van der Waals surface area contributed by atoms with Gasteiger partial charge in [-0.05, 0) is 34.1 Å². The van der Waals surface area contributed by atoms with Gasteiger partial charge in [-0.25, -0.2) is 0 Å². The average Bonchev–Trinajstić information content (AvgIpc) is 1.85. The normalized spacial score (nSPS) is 16.7. The quantitative estimate of drug-likeness (QED) is 0.789. The number of aliphatic imine (C=N–C) groups is 1. The monoisotopic (exact) mass is 330 g/mol. The summed E-state index contributed by atoms with van der Waals surface area (Å²) >= 11 is 0. The predicted octanol–water partition coefficient (Wildman–Crippen LogP) is 2.41. The smallest absolute Gasteiger partial charge is 0.0991 e. The molecule has 0 aromatic rings. The molecule has 81 valence electrons. The minimum Gasteiger partial charge on any atom is -0.384 e. The standard InChI is InChI=1S/C10H21NO.Tb/c1-6-7-10(5,12)9(4)11-8(2)3;/h8,12H,6-7H2,1-5H3;. The van der Waals surface area contributed by atoms with Crippen LogP contribution in [-0.2, 0) is 0 Å². The van der Waals surface area contributed by atoms with Crippen LogP contribution in [0.1, 0.15) is 47.5 Å². The van der Waals surface area contributed by atoms with Crippen molar-refractivity contribution in [1.82, 2.24) is 0 Å². The number of aliphatic hydroxyl groups is 1. The second kappa shape index (κ2) is 7.24. The molecule has 1 N–H and O–H groups in total. The van der Waals surface area contributed by atoms with Crippen molar-refractivity contribution in [1.29, 1.82) is 0 Å². The van der Waals surface area contributed by atoms with Crippen molar-refractivity contribution in [3.05, 3.63) is 0 Å². The molecule has 0 rings (SSSR count). The van der Waals surface area contributed by atoms with E-state index >= 15 is 0 Å². The van der Waals surface area contributed by atoms with Crippen LogP contribution in [0.3, 0.4) is 0 Å². The van der Waals surface area contributed by atoms with Gasteiger partial charge in [0.15, 0.2) is 0 Å². The molecule has 1 radical (unpaired) electrons. The van der Waals surface area contributed by atoms with Crippen LogP contribution in [0.2, 0.25) is 0 Å². The Kier molecular flexibility index (Phi) is 9.10. The summed E-state index contributed by atoms with van der Waals surface area (Å²) in [6.07, 6.45) is 1.77. The van der Waals surface area contributed by atoms with Crippen LogP contribution in [-0.4, -0.2) is 22.5 Å². The molecule has 0 aliphatic rings. The molecule has 0 bridgehead atoms. The van der Waals surface area contributed by atoms with Crippen LogP contribution < -0.4 is 0 Å². The third kappa shape index (κ3) is 6.92. The van der Waals surface area contributed by atoms with E-state index in [0.29, 0.717) is 0 Å². The van der Waals surface area contributed by atoms with Crippen LogP contribution in [0.4, 0.5) is 0 Å². The molecule has 3 heteroatoms. The summed E-state index contributed by atoms with van der Waals surface area (Å²) in [7, 11) is 0. The van der Waals surface area contributed by atoms with Crippen molar-refractivity contribution in [2.45, 2.75) is 59.1 Å². The summed E-state index contributed by atoms with van der Waals surface area (Å²) in [5.74, 6) is 0. The van der Waals surface area contributed by atoms with Crippen LogP contribution >= 0.6 is 0 Å². The Morgan fingerprint density at radius 2 is 1.92 bits per heavy atom. The molecule has 0 aromatic heterocycles. The molecule has 1 atom stereocenters. The Labute approximate surface area is 113 Å². The van der Waals surface area contributed by atoms with E-state index in [4.69, 9.17) is 0 Å². The minimum atomic E-state index is -0.709. The molecule has 0 fully saturated rings. The number of hydrogen-bond donors (Lipinski definition) is 1. The van der Waals surface area contributed by atoms with Crippen LogP contribution in [0.15, 0.2) is 4.99 Å². The van der Waals surface area contributed by atoms with E-state index in [-0.39, 0.29) is 44.7 Å². The first kappa shape index (κ1) is 16.3. The van der Waals surface area contributed by atoms with Crippen molar-refractivity contribution in [3.8, 4) is 0 Å². The van der Waals surface area contributed by atoms with Gasteiger partial charge in [0.25, 0.3) is 0 Å². The Hall–Kier alpha value is 0.916. The zero-order chi connectivity index (χ0) is 9.78. The average molecular weight is 330 g/mol. The summed E-state index contributed by atoms with van der Waals surface area (Å²) in [5.41, 5.74) is 0.137. The summed E-state index contributed by atoms with van der Waals surface area (Å²) in [6.45, 7) is 9.83. The van der Waals surface area contributed by atoms with Crippen molar-refractivity contribution < 1.29 is 43.7 Å². The zero-order valence-electron chi connectivity index (χ0n) is 9.22. The largest absolute Gasteiger partial charge is 0.384 e. The molecule has 0 heterocycles. The summed E-state index contributed by atoms with van der Waals surface area (Å²) in [5, 5.41) is 9.90. The molecule has 13 heavy (non-hydrogen) atoms. The molecule has 0 saturated heterocycles. The van der Waals surface area contributed by atoms with Crippen LogP contribution in [0.25, 0.3) is 0 Å². The molecule has 0 aromatic carbocycles. The van der Waals surface area contributed by atoms with Gasteiger partial charge < -0.3 is 5.11 Å². The summed E-state index contributed by atoms with van der Waals surface area (Å²) in [4.78, 5) is 4.33. The number of nitrogens with zero attached hydrogens (tertiary/aromatic N) is 1. The Balaban J connectivity index is 0. The maximum atomic E-state index is 9.90. The van der Waals surface area contributed by atoms with Gasteiger partial charge >= 0.3 is 0 Å². The topological polar surface area (TPSA) is 32.6 Å². The third-order valence-electron chi connectivity index (χ3n) is 1.97. The molecule has 0 spiro atoms. The molecule has 2 nitrogen and oxygen atoms in total. The Bertz CT molecular complexity index is 164. The number of hydrogen-bond acceptors (Lipinski definition) is 2. The minimum absolute atomic E-state index is 0. The van der Waals surface area contributed by atoms with Gasteiger partial charge in [0, 0.05) is 50.4 Å². The van der Waals surface area contributed by atoms with Crippen molar-refractivity contribution in [3.63, 3.8) is 0 Å². The molecule has 1 unspecified atom stereocenters. The number of rotatable bonds is 4. The van der Waals surface area contributed by atoms with E-state index in [2.05, 4.69) is 11.9 Å². The maximum Gasteiger partial charge on any atom is 0.0991 e. The van der Waals surface area contributed by atoms with Gasteiger partial charge in [-0.15, -0.1) is 0 Å². The molecule has 0 saturated carbocycles. The van der Waals surface area contributed by atoms with Crippen LogP contribution in [0, 0.1) is 38.6 Å². The fourth-order valence-electron chi connectivity index (χ4n) is 1.19. The molecular weight excluding hydrogens is 309 g/mol. The van der Waals surface area contributed by atoms with Crippen molar-refractivity contribution >= 4 is 5.71 Å². The van der Waals surface area contributed by atoms with Crippen molar-refractivity contribution in [2.75, 3.05) is 0 Å². The summed E-state index contributed by atoms with van der Waals surface area (Å²) in [6, 6.07) is 0.272. The summed E-state index contributed by atoms with van der Waals surface area (Å²) < 4.78 is 0. The first-order chi connectivity index (χ1) is 5.40. The predicted molar refractivity (Wildman–Crippen MR) is 53.8 cm³/mol. The van der Waals surface area contributed by atoms with Gasteiger partial charge in [-0.2, -0.15) is 0 Å². The van der Waals surface area contributed by atoms with Crippen molar-refractivity contribution in [2.24, 2.45) is 4.99 Å². The first-order valence-electron chi connectivity index (χ1n) is 4.67. The fourth-order valence-corrected chi connectivity index (χ4v) is 1.19. The van der Waals surface area contributed by atoms with Gasteiger partial charge in [0.2, 0.25) is 0 Å². The molecular formula is C10H21NOTb. The SMILES string of the molecule is CCCC(C)(O)C(C)=NC(C)C.[Tb]. The van der Waals surface area contributed by atoms with Gasteiger partial charge in [-0.1, -0.05) is 13.3 Å². The molecule has 0 aliphatic heterocycles.